The number of hydrogen-bond acceptors (Lipinski definition) is 4. The summed E-state index contributed by atoms with van der Waals surface area (Å²) < 4.78 is 5.94. The Labute approximate surface area is 154 Å². The number of benzene rings is 1. The highest BCUT2D eigenvalue weighted by Crippen LogP contribution is 2.36. The molecule has 5 rings (SSSR count). The molecule has 4 heterocycles. The number of aromatic nitrogens is 1. The van der Waals surface area contributed by atoms with Crippen LogP contribution in [0, 0.1) is 12.8 Å². The molecule has 0 spiro atoms. The summed E-state index contributed by atoms with van der Waals surface area (Å²) in [5.41, 5.74) is 3.08. The number of carbonyl (C=O) groups is 1. The normalized spacial score (nSPS) is 27.1. The highest BCUT2D eigenvalue weighted by Gasteiger charge is 2.44. The number of pyridine rings is 1. The number of piperidine rings is 3. The van der Waals surface area contributed by atoms with E-state index in [0.717, 1.165) is 43.6 Å². The van der Waals surface area contributed by atoms with Gasteiger partial charge in [-0.1, -0.05) is 18.2 Å². The molecule has 26 heavy (non-hydrogen) atoms. The SMILES string of the molecule is Cc1cccc(NC(=O)OC2C3CCN(CC3)C2Cc2cccnc2)c1. The summed E-state index contributed by atoms with van der Waals surface area (Å²) in [6.07, 6.45) is 6.35. The monoisotopic (exact) mass is 351 g/mol. The van der Waals surface area contributed by atoms with Crippen molar-refractivity contribution in [2.24, 2.45) is 5.92 Å². The first-order valence-corrected chi connectivity index (χ1v) is 9.36. The number of rotatable bonds is 4. The van der Waals surface area contributed by atoms with Gasteiger partial charge in [0.05, 0.1) is 6.04 Å². The van der Waals surface area contributed by atoms with Crippen molar-refractivity contribution >= 4 is 11.8 Å². The molecule has 3 saturated heterocycles. The summed E-state index contributed by atoms with van der Waals surface area (Å²) in [5, 5.41) is 2.88. The zero-order valence-corrected chi connectivity index (χ0v) is 15.1. The summed E-state index contributed by atoms with van der Waals surface area (Å²) in [7, 11) is 0. The van der Waals surface area contributed by atoms with Gasteiger partial charge in [-0.05, 0) is 68.6 Å². The lowest BCUT2D eigenvalue weighted by molar-refractivity contribution is -0.0741. The van der Waals surface area contributed by atoms with E-state index < -0.39 is 0 Å². The number of anilines is 1. The van der Waals surface area contributed by atoms with Gasteiger partial charge in [-0.2, -0.15) is 0 Å². The van der Waals surface area contributed by atoms with Crippen LogP contribution in [0.2, 0.25) is 0 Å². The van der Waals surface area contributed by atoms with Gasteiger partial charge in [0.1, 0.15) is 6.10 Å². The average Bonchev–Trinajstić information content (AvgIpc) is 2.65. The molecular formula is C21H25N3O2. The van der Waals surface area contributed by atoms with Crippen molar-refractivity contribution < 1.29 is 9.53 Å². The smallest absolute Gasteiger partial charge is 0.411 e. The molecule has 5 heteroatoms. The number of ether oxygens (including phenoxy) is 1. The minimum absolute atomic E-state index is 0.0671. The molecule has 3 fully saturated rings. The van der Waals surface area contributed by atoms with Crippen molar-refractivity contribution in [3.8, 4) is 0 Å². The minimum atomic E-state index is -0.356. The standard InChI is InChI=1S/C21H25N3O2/c1-15-4-2-6-18(12-15)23-21(25)26-20-17-7-10-24(11-8-17)19(20)13-16-5-3-9-22-14-16/h2-6,9,12,14,17,19-20H,7-8,10-11,13H2,1H3,(H,23,25). The van der Waals surface area contributed by atoms with Crippen LogP contribution in [-0.4, -0.2) is 41.2 Å². The van der Waals surface area contributed by atoms with E-state index in [1.807, 2.05) is 43.5 Å². The molecule has 2 aromatic rings. The molecule has 5 nitrogen and oxygen atoms in total. The second-order valence-corrected chi connectivity index (χ2v) is 7.37. The number of nitrogens with one attached hydrogen (secondary N) is 1. The average molecular weight is 351 g/mol. The topological polar surface area (TPSA) is 54.5 Å². The van der Waals surface area contributed by atoms with Gasteiger partial charge in [0.25, 0.3) is 0 Å². The third-order valence-corrected chi connectivity index (χ3v) is 5.56. The molecule has 1 aromatic carbocycles. The van der Waals surface area contributed by atoms with Crippen molar-refractivity contribution in [1.82, 2.24) is 9.88 Å². The summed E-state index contributed by atoms with van der Waals surface area (Å²) in [6, 6.07) is 12.1. The maximum Gasteiger partial charge on any atom is 0.411 e. The molecule has 2 unspecified atom stereocenters. The van der Waals surface area contributed by atoms with Gasteiger partial charge in [0.2, 0.25) is 0 Å². The Balaban J connectivity index is 1.46. The first kappa shape index (κ1) is 17.0. The number of aryl methyl sites for hydroxylation is 1. The van der Waals surface area contributed by atoms with E-state index in [-0.39, 0.29) is 18.2 Å². The Morgan fingerprint density at radius 3 is 2.85 bits per heavy atom. The van der Waals surface area contributed by atoms with Crippen LogP contribution in [-0.2, 0) is 11.2 Å². The van der Waals surface area contributed by atoms with Crippen molar-refractivity contribution in [2.75, 3.05) is 18.4 Å². The van der Waals surface area contributed by atoms with Crippen LogP contribution in [0.4, 0.5) is 10.5 Å². The van der Waals surface area contributed by atoms with Gasteiger partial charge >= 0.3 is 6.09 Å². The molecule has 2 atom stereocenters. The van der Waals surface area contributed by atoms with Crippen LogP contribution in [0.3, 0.4) is 0 Å². The third kappa shape index (κ3) is 3.73. The minimum Gasteiger partial charge on any atom is -0.444 e. The maximum absolute atomic E-state index is 12.5. The van der Waals surface area contributed by atoms with Crippen LogP contribution >= 0.6 is 0 Å². The largest absolute Gasteiger partial charge is 0.444 e. The highest BCUT2D eigenvalue weighted by molar-refractivity contribution is 5.84. The Morgan fingerprint density at radius 1 is 1.27 bits per heavy atom. The Morgan fingerprint density at radius 2 is 2.12 bits per heavy atom. The van der Waals surface area contributed by atoms with Gasteiger partial charge in [0.15, 0.2) is 0 Å². The first-order chi connectivity index (χ1) is 12.7. The fourth-order valence-corrected chi connectivity index (χ4v) is 4.28. The van der Waals surface area contributed by atoms with Crippen LogP contribution in [0.15, 0.2) is 48.8 Å². The van der Waals surface area contributed by atoms with E-state index in [4.69, 9.17) is 4.74 Å². The molecule has 3 aliphatic heterocycles. The Kier molecular flexibility index (Phi) is 4.89. The predicted octanol–water partition coefficient (Wildman–Crippen LogP) is 3.64. The van der Waals surface area contributed by atoms with Gasteiger partial charge < -0.3 is 4.74 Å². The zero-order valence-electron chi connectivity index (χ0n) is 15.1. The van der Waals surface area contributed by atoms with Crippen molar-refractivity contribution in [2.45, 2.75) is 38.3 Å². The number of hydrogen-bond donors (Lipinski definition) is 1. The second kappa shape index (κ2) is 7.46. The van der Waals surface area contributed by atoms with Crippen LogP contribution in [0.25, 0.3) is 0 Å². The fourth-order valence-electron chi connectivity index (χ4n) is 4.28. The van der Waals surface area contributed by atoms with E-state index in [9.17, 15) is 4.79 Å². The van der Waals surface area contributed by atoms with Crippen LogP contribution in [0.1, 0.15) is 24.0 Å². The Hall–Kier alpha value is -2.40. The predicted molar refractivity (Wildman–Crippen MR) is 101 cm³/mol. The van der Waals surface area contributed by atoms with E-state index in [2.05, 4.69) is 21.3 Å². The highest BCUT2D eigenvalue weighted by atomic mass is 16.6. The Bertz CT molecular complexity index is 757. The lowest BCUT2D eigenvalue weighted by Crippen LogP contribution is -2.60. The van der Waals surface area contributed by atoms with E-state index >= 15 is 0 Å². The van der Waals surface area contributed by atoms with E-state index in [1.165, 1.54) is 5.56 Å². The lowest BCUT2D eigenvalue weighted by Gasteiger charge is -2.50. The molecule has 1 N–H and O–H groups in total. The number of fused-ring (bicyclic) bond motifs is 3. The zero-order chi connectivity index (χ0) is 17.9. The second-order valence-electron chi connectivity index (χ2n) is 7.37. The fraction of sp³-hybridized carbons (Fsp3) is 0.429. The van der Waals surface area contributed by atoms with Gasteiger partial charge in [-0.25, -0.2) is 4.79 Å². The summed E-state index contributed by atoms with van der Waals surface area (Å²) in [6.45, 7) is 4.19. The molecule has 0 saturated carbocycles. The summed E-state index contributed by atoms with van der Waals surface area (Å²) in [5.74, 6) is 0.449. The van der Waals surface area contributed by atoms with Crippen molar-refractivity contribution in [1.29, 1.82) is 0 Å². The van der Waals surface area contributed by atoms with Crippen molar-refractivity contribution in [3.63, 3.8) is 0 Å². The molecule has 2 bridgehead atoms. The first-order valence-electron chi connectivity index (χ1n) is 9.36. The molecule has 136 valence electrons. The van der Waals surface area contributed by atoms with Crippen LogP contribution in [0.5, 0.6) is 0 Å². The van der Waals surface area contributed by atoms with Crippen LogP contribution < -0.4 is 5.32 Å². The summed E-state index contributed by atoms with van der Waals surface area (Å²) in [4.78, 5) is 19.2. The van der Waals surface area contributed by atoms with Crippen molar-refractivity contribution in [3.05, 3.63) is 59.9 Å². The molecule has 1 aromatic heterocycles. The quantitative estimate of drug-likeness (QED) is 0.914. The molecule has 3 aliphatic rings. The lowest BCUT2D eigenvalue weighted by atomic mass is 9.78. The van der Waals surface area contributed by atoms with E-state index in [1.54, 1.807) is 6.20 Å². The molecule has 0 radical (unpaired) electrons. The van der Waals surface area contributed by atoms with E-state index in [0.29, 0.717) is 5.92 Å². The number of nitrogens with zero attached hydrogens (tertiary/aromatic N) is 2. The number of amides is 1. The molecular weight excluding hydrogens is 326 g/mol. The number of carbonyl (C=O) groups excluding carboxylic acids is 1. The van der Waals surface area contributed by atoms with Gasteiger partial charge in [-0.15, -0.1) is 0 Å². The van der Waals surface area contributed by atoms with Gasteiger partial charge in [-0.3, -0.25) is 15.2 Å². The maximum atomic E-state index is 12.5. The molecule has 1 amide bonds. The van der Waals surface area contributed by atoms with Gasteiger partial charge in [0, 0.05) is 24.0 Å². The summed E-state index contributed by atoms with van der Waals surface area (Å²) >= 11 is 0. The molecule has 0 aliphatic carbocycles. The third-order valence-electron chi connectivity index (χ3n) is 5.56.